The van der Waals surface area contributed by atoms with Gasteiger partial charge in [-0.3, -0.25) is 9.59 Å². The van der Waals surface area contributed by atoms with E-state index in [4.69, 9.17) is 14.2 Å². The molecule has 1 atom stereocenters. The quantitative estimate of drug-likeness (QED) is 0.668. The molecule has 0 aliphatic carbocycles. The smallest absolute Gasteiger partial charge is 0.254 e. The van der Waals surface area contributed by atoms with E-state index in [1.54, 1.807) is 30.2 Å². The third-order valence-corrected chi connectivity index (χ3v) is 6.01. The molecule has 1 N–H and O–H groups in total. The number of methoxy groups -OCH3 is 1. The molecule has 2 aliphatic rings. The zero-order chi connectivity index (χ0) is 22.1. The van der Waals surface area contributed by atoms with Gasteiger partial charge in [-0.15, -0.1) is 0 Å². The molecule has 5 rings (SSSR count). The Hall–Kier alpha value is -3.74. The van der Waals surface area contributed by atoms with Crippen molar-refractivity contribution in [1.29, 1.82) is 0 Å². The van der Waals surface area contributed by atoms with Gasteiger partial charge in [-0.25, -0.2) is 0 Å². The molecule has 2 amide bonds. The fourth-order valence-electron chi connectivity index (χ4n) is 4.29. The summed E-state index contributed by atoms with van der Waals surface area (Å²) in [7, 11) is 1.65. The molecule has 164 valence electrons. The summed E-state index contributed by atoms with van der Waals surface area (Å²) in [5.41, 5.74) is 1.50. The van der Waals surface area contributed by atoms with Gasteiger partial charge in [0.05, 0.1) is 7.11 Å². The number of fused-ring (bicyclic) bond motifs is 2. The van der Waals surface area contributed by atoms with Crippen molar-refractivity contribution in [2.45, 2.75) is 25.4 Å². The number of likely N-dealkylation sites (tertiary alicyclic amines) is 1. The standard InChI is InChI=1S/C25H24N2O5/c1-30-20-8-6-17-11-16(4-5-18(17)12-20)14-26-24(28)21-3-2-10-27(21)25(29)19-7-9-22-23(13-19)32-15-31-22/h4-9,11-13,21H,2-3,10,14-15H2,1H3,(H,26,28). The molecule has 32 heavy (non-hydrogen) atoms. The lowest BCUT2D eigenvalue weighted by Crippen LogP contribution is -2.45. The maximum atomic E-state index is 13.1. The molecule has 0 aromatic heterocycles. The molecule has 0 saturated carbocycles. The first-order valence-electron chi connectivity index (χ1n) is 10.7. The summed E-state index contributed by atoms with van der Waals surface area (Å²) in [4.78, 5) is 27.7. The normalized spacial score (nSPS) is 16.9. The summed E-state index contributed by atoms with van der Waals surface area (Å²) in [5.74, 6) is 1.70. The van der Waals surface area contributed by atoms with E-state index in [9.17, 15) is 9.59 Å². The summed E-state index contributed by atoms with van der Waals surface area (Å²) in [6, 6.07) is 16.6. The molecule has 2 heterocycles. The van der Waals surface area contributed by atoms with Gasteiger partial charge in [0.2, 0.25) is 12.7 Å². The van der Waals surface area contributed by atoms with E-state index in [1.807, 2.05) is 30.3 Å². The van der Waals surface area contributed by atoms with Gasteiger partial charge in [-0.1, -0.05) is 18.2 Å². The van der Waals surface area contributed by atoms with Crippen LogP contribution in [0.3, 0.4) is 0 Å². The molecule has 1 unspecified atom stereocenters. The summed E-state index contributed by atoms with van der Waals surface area (Å²) < 4.78 is 16.0. The minimum Gasteiger partial charge on any atom is -0.497 e. The second-order valence-corrected chi connectivity index (χ2v) is 7.99. The molecule has 2 aliphatic heterocycles. The van der Waals surface area contributed by atoms with Gasteiger partial charge in [0.15, 0.2) is 11.5 Å². The fraction of sp³-hybridized carbons (Fsp3) is 0.280. The fourth-order valence-corrected chi connectivity index (χ4v) is 4.29. The van der Waals surface area contributed by atoms with E-state index < -0.39 is 6.04 Å². The Kier molecular flexibility index (Phi) is 5.31. The predicted octanol–water partition coefficient (Wildman–Crippen LogP) is 3.50. The van der Waals surface area contributed by atoms with E-state index >= 15 is 0 Å². The summed E-state index contributed by atoms with van der Waals surface area (Å²) >= 11 is 0. The lowest BCUT2D eigenvalue weighted by atomic mass is 10.1. The zero-order valence-corrected chi connectivity index (χ0v) is 17.8. The van der Waals surface area contributed by atoms with Crippen LogP contribution in [0.5, 0.6) is 17.2 Å². The Morgan fingerprint density at radius 1 is 1.03 bits per heavy atom. The second kappa shape index (κ2) is 8.42. The Morgan fingerprint density at radius 2 is 1.84 bits per heavy atom. The first-order valence-corrected chi connectivity index (χ1v) is 10.7. The van der Waals surface area contributed by atoms with Crippen molar-refractivity contribution in [1.82, 2.24) is 10.2 Å². The van der Waals surface area contributed by atoms with E-state index in [0.717, 1.165) is 28.5 Å². The first kappa shape index (κ1) is 20.2. The highest BCUT2D eigenvalue weighted by atomic mass is 16.7. The largest absolute Gasteiger partial charge is 0.497 e. The first-order chi connectivity index (χ1) is 15.6. The number of hydrogen-bond donors (Lipinski definition) is 1. The summed E-state index contributed by atoms with van der Waals surface area (Å²) in [6.07, 6.45) is 1.45. The van der Waals surface area contributed by atoms with Crippen molar-refractivity contribution in [3.8, 4) is 17.2 Å². The Balaban J connectivity index is 1.25. The summed E-state index contributed by atoms with van der Waals surface area (Å²) in [5, 5.41) is 5.16. The number of nitrogens with zero attached hydrogens (tertiary/aromatic N) is 1. The number of amides is 2. The second-order valence-electron chi connectivity index (χ2n) is 7.99. The van der Waals surface area contributed by atoms with Gasteiger partial charge in [0.25, 0.3) is 5.91 Å². The van der Waals surface area contributed by atoms with Gasteiger partial charge in [0, 0.05) is 18.7 Å². The van der Waals surface area contributed by atoms with Gasteiger partial charge >= 0.3 is 0 Å². The van der Waals surface area contributed by atoms with Gasteiger partial charge < -0.3 is 24.4 Å². The van der Waals surface area contributed by atoms with Crippen LogP contribution < -0.4 is 19.5 Å². The van der Waals surface area contributed by atoms with Crippen molar-refractivity contribution in [2.75, 3.05) is 20.4 Å². The molecule has 3 aromatic rings. The highest BCUT2D eigenvalue weighted by Crippen LogP contribution is 2.33. The van der Waals surface area contributed by atoms with Crippen LogP contribution in [0.4, 0.5) is 0 Å². The SMILES string of the molecule is COc1ccc2cc(CNC(=O)C3CCCN3C(=O)c3ccc4c(c3)OCO4)ccc2c1. The number of carbonyl (C=O) groups excluding carboxylic acids is 2. The van der Waals surface area contributed by atoms with Gasteiger partial charge in [-0.05, 0) is 65.6 Å². The van der Waals surface area contributed by atoms with E-state index in [1.165, 1.54) is 0 Å². The molecule has 1 fully saturated rings. The van der Waals surface area contributed by atoms with E-state index in [2.05, 4.69) is 11.4 Å². The highest BCUT2D eigenvalue weighted by Gasteiger charge is 2.34. The number of hydrogen-bond acceptors (Lipinski definition) is 5. The van der Waals surface area contributed by atoms with E-state index in [0.29, 0.717) is 36.6 Å². The van der Waals surface area contributed by atoms with Crippen LogP contribution in [0.1, 0.15) is 28.8 Å². The topological polar surface area (TPSA) is 77.1 Å². The molecule has 3 aromatic carbocycles. The van der Waals surface area contributed by atoms with Crippen molar-refractivity contribution in [3.05, 3.63) is 65.7 Å². The molecule has 0 radical (unpaired) electrons. The number of rotatable bonds is 5. The zero-order valence-electron chi connectivity index (χ0n) is 17.8. The van der Waals surface area contributed by atoms with Crippen LogP contribution in [-0.2, 0) is 11.3 Å². The van der Waals surface area contributed by atoms with Gasteiger partial charge in [0.1, 0.15) is 11.8 Å². The van der Waals surface area contributed by atoms with Crippen LogP contribution in [-0.4, -0.2) is 43.2 Å². The van der Waals surface area contributed by atoms with Crippen molar-refractivity contribution in [3.63, 3.8) is 0 Å². The lowest BCUT2D eigenvalue weighted by Gasteiger charge is -2.24. The van der Waals surface area contributed by atoms with Crippen LogP contribution >= 0.6 is 0 Å². The molecular weight excluding hydrogens is 408 g/mol. The Bertz CT molecular complexity index is 1190. The Morgan fingerprint density at radius 3 is 2.72 bits per heavy atom. The highest BCUT2D eigenvalue weighted by molar-refractivity contribution is 5.98. The van der Waals surface area contributed by atoms with Crippen LogP contribution in [0, 0.1) is 0 Å². The lowest BCUT2D eigenvalue weighted by molar-refractivity contribution is -0.125. The van der Waals surface area contributed by atoms with Crippen LogP contribution in [0.2, 0.25) is 0 Å². The third kappa shape index (κ3) is 3.82. The number of nitrogens with one attached hydrogen (secondary N) is 1. The molecular formula is C25H24N2O5. The maximum Gasteiger partial charge on any atom is 0.254 e. The minimum atomic E-state index is -0.474. The molecule has 7 heteroatoms. The maximum absolute atomic E-state index is 13.1. The predicted molar refractivity (Wildman–Crippen MR) is 119 cm³/mol. The van der Waals surface area contributed by atoms with Crippen molar-refractivity contribution >= 4 is 22.6 Å². The third-order valence-electron chi connectivity index (χ3n) is 6.01. The molecule has 7 nitrogen and oxygen atoms in total. The Labute approximate surface area is 185 Å². The van der Waals surface area contributed by atoms with E-state index in [-0.39, 0.29) is 18.6 Å². The molecule has 0 bridgehead atoms. The average molecular weight is 432 g/mol. The molecule has 1 saturated heterocycles. The molecule has 0 spiro atoms. The number of carbonyl (C=O) groups is 2. The summed E-state index contributed by atoms with van der Waals surface area (Å²) in [6.45, 7) is 1.12. The van der Waals surface area contributed by atoms with Crippen molar-refractivity contribution in [2.24, 2.45) is 0 Å². The average Bonchev–Trinajstić information content (AvgIpc) is 3.50. The number of benzene rings is 3. The number of ether oxygens (including phenoxy) is 3. The van der Waals surface area contributed by atoms with Crippen LogP contribution in [0.25, 0.3) is 10.8 Å². The van der Waals surface area contributed by atoms with Crippen molar-refractivity contribution < 1.29 is 23.8 Å². The van der Waals surface area contributed by atoms with Gasteiger partial charge in [-0.2, -0.15) is 0 Å². The minimum absolute atomic E-state index is 0.133. The van der Waals surface area contributed by atoms with Crippen LogP contribution in [0.15, 0.2) is 54.6 Å². The monoisotopic (exact) mass is 432 g/mol.